The zero-order valence-corrected chi connectivity index (χ0v) is 20.4. The molecule has 6 rings (SSSR count). The minimum absolute atomic E-state index is 0.403. The monoisotopic (exact) mass is 528 g/mol. The fourth-order valence-electron chi connectivity index (χ4n) is 5.87. The second kappa shape index (κ2) is 7.46. The molecule has 1 atom stereocenters. The zero-order chi connectivity index (χ0) is 21.1. The summed E-state index contributed by atoms with van der Waals surface area (Å²) in [5, 5.41) is 0. The Balaban J connectivity index is 1.44. The van der Waals surface area contributed by atoms with Crippen LogP contribution in [0.3, 0.4) is 0 Å². The van der Waals surface area contributed by atoms with Crippen molar-refractivity contribution >= 4 is 31.9 Å². The molecule has 0 aromatic heterocycles. The van der Waals surface area contributed by atoms with Crippen LogP contribution in [0.5, 0.6) is 0 Å². The highest BCUT2D eigenvalue weighted by Gasteiger charge is 2.36. The predicted molar refractivity (Wildman–Crippen MR) is 137 cm³/mol. The first-order valence-corrected chi connectivity index (χ1v) is 12.5. The fourth-order valence-corrected chi connectivity index (χ4v) is 6.63. The molecule has 0 spiro atoms. The van der Waals surface area contributed by atoms with Gasteiger partial charge in [-0.25, -0.2) is 0 Å². The van der Waals surface area contributed by atoms with Gasteiger partial charge in [0.05, 0.1) is 0 Å². The van der Waals surface area contributed by atoms with Crippen molar-refractivity contribution in [2.75, 3.05) is 0 Å². The molecule has 0 saturated heterocycles. The molecule has 1 unspecified atom stereocenters. The van der Waals surface area contributed by atoms with Gasteiger partial charge in [-0.1, -0.05) is 99.4 Å². The molecule has 2 aliphatic carbocycles. The first kappa shape index (κ1) is 19.5. The highest BCUT2D eigenvalue weighted by atomic mass is 79.9. The lowest BCUT2D eigenvalue weighted by molar-refractivity contribution is 0.456. The molecule has 0 fully saturated rings. The maximum absolute atomic E-state index is 3.72. The standard InChI is InChI=1S/C29H22Br2/c1-17(14-26-22-8-4-2-6-20(22)21-7-3-5-9-23(21)26)29-27-15-18(30)10-12-24(27)25-13-11-19(31)16-28(25)29/h2-13,15-17,26,29H,14H2,1H3. The van der Waals surface area contributed by atoms with E-state index in [1.807, 2.05) is 0 Å². The lowest BCUT2D eigenvalue weighted by Crippen LogP contribution is -2.13. The van der Waals surface area contributed by atoms with Crippen molar-refractivity contribution in [3.05, 3.63) is 116 Å². The van der Waals surface area contributed by atoms with Gasteiger partial charge in [0, 0.05) is 20.8 Å². The Morgan fingerprint density at radius 2 is 1.06 bits per heavy atom. The van der Waals surface area contributed by atoms with Gasteiger partial charge in [-0.3, -0.25) is 0 Å². The van der Waals surface area contributed by atoms with E-state index in [0.29, 0.717) is 17.8 Å². The number of hydrogen-bond donors (Lipinski definition) is 0. The molecule has 31 heavy (non-hydrogen) atoms. The Kier molecular flexibility index (Phi) is 4.70. The van der Waals surface area contributed by atoms with Crippen LogP contribution in [0.4, 0.5) is 0 Å². The van der Waals surface area contributed by atoms with Gasteiger partial charge in [0.25, 0.3) is 0 Å². The van der Waals surface area contributed by atoms with Crippen LogP contribution in [0.25, 0.3) is 22.3 Å². The summed E-state index contributed by atoms with van der Waals surface area (Å²) in [4.78, 5) is 0. The minimum atomic E-state index is 0.403. The van der Waals surface area contributed by atoms with E-state index in [4.69, 9.17) is 0 Å². The third kappa shape index (κ3) is 3.07. The van der Waals surface area contributed by atoms with Crippen molar-refractivity contribution in [1.29, 1.82) is 0 Å². The Bertz CT molecular complexity index is 1220. The molecular formula is C29H22Br2. The highest BCUT2D eigenvalue weighted by Crippen LogP contribution is 2.54. The Morgan fingerprint density at radius 1 is 0.613 bits per heavy atom. The normalized spacial score (nSPS) is 15.3. The van der Waals surface area contributed by atoms with Crippen LogP contribution in [-0.2, 0) is 0 Å². The number of hydrogen-bond acceptors (Lipinski definition) is 0. The number of halogens is 2. The van der Waals surface area contributed by atoms with E-state index < -0.39 is 0 Å². The van der Waals surface area contributed by atoms with Crippen molar-refractivity contribution < 1.29 is 0 Å². The third-order valence-corrected chi connectivity index (χ3v) is 8.11. The number of fused-ring (bicyclic) bond motifs is 6. The number of rotatable bonds is 3. The topological polar surface area (TPSA) is 0 Å². The van der Waals surface area contributed by atoms with E-state index >= 15 is 0 Å². The SMILES string of the molecule is CC(CC1c2ccccc2-c2ccccc21)C1c2cc(Br)ccc2-c2ccc(Br)cc21. The molecule has 2 heteroatoms. The lowest BCUT2D eigenvalue weighted by Gasteiger charge is -2.26. The fraction of sp³-hybridized carbons (Fsp3) is 0.172. The molecule has 0 radical (unpaired) electrons. The van der Waals surface area contributed by atoms with Gasteiger partial charge in [0.2, 0.25) is 0 Å². The molecule has 2 aliphatic rings. The largest absolute Gasteiger partial charge is 0.0619 e. The average molecular weight is 530 g/mol. The van der Waals surface area contributed by atoms with Crippen molar-refractivity contribution in [3.8, 4) is 22.3 Å². The second-order valence-corrected chi connectivity index (χ2v) is 10.7. The van der Waals surface area contributed by atoms with E-state index in [2.05, 4.69) is 124 Å². The highest BCUT2D eigenvalue weighted by molar-refractivity contribution is 9.10. The summed E-state index contributed by atoms with van der Waals surface area (Å²) in [6, 6.07) is 31.5. The number of benzene rings is 4. The first-order valence-electron chi connectivity index (χ1n) is 10.9. The molecule has 0 amide bonds. The summed E-state index contributed by atoms with van der Waals surface area (Å²) < 4.78 is 2.32. The first-order chi connectivity index (χ1) is 15.1. The molecule has 152 valence electrons. The van der Waals surface area contributed by atoms with E-state index in [9.17, 15) is 0 Å². The molecule has 0 nitrogen and oxygen atoms in total. The van der Waals surface area contributed by atoms with Gasteiger partial charge >= 0.3 is 0 Å². The Hall–Kier alpha value is -2.16. The summed E-state index contributed by atoms with van der Waals surface area (Å²) in [5.74, 6) is 1.36. The predicted octanol–water partition coefficient (Wildman–Crippen LogP) is 9.16. The van der Waals surface area contributed by atoms with Crippen LogP contribution in [0.1, 0.15) is 47.4 Å². The maximum atomic E-state index is 3.72. The summed E-state index contributed by atoms with van der Waals surface area (Å²) in [6.45, 7) is 2.44. The molecule has 0 N–H and O–H groups in total. The molecule has 0 aliphatic heterocycles. The molecular weight excluding hydrogens is 508 g/mol. The van der Waals surface area contributed by atoms with Crippen LogP contribution in [-0.4, -0.2) is 0 Å². The van der Waals surface area contributed by atoms with E-state index in [1.54, 1.807) is 0 Å². The quantitative estimate of drug-likeness (QED) is 0.248. The summed E-state index contributed by atoms with van der Waals surface area (Å²) in [7, 11) is 0. The Labute approximate surface area is 200 Å². The van der Waals surface area contributed by atoms with Crippen molar-refractivity contribution in [2.45, 2.75) is 25.2 Å². The van der Waals surface area contributed by atoms with Crippen molar-refractivity contribution in [1.82, 2.24) is 0 Å². The summed E-state index contributed by atoms with van der Waals surface area (Å²) in [5.41, 5.74) is 11.5. The molecule has 0 saturated carbocycles. The molecule has 4 aromatic rings. The molecule has 0 heterocycles. The second-order valence-electron chi connectivity index (χ2n) is 8.88. The average Bonchev–Trinajstić information content (AvgIpc) is 3.26. The van der Waals surface area contributed by atoms with Crippen LogP contribution in [0.15, 0.2) is 93.9 Å². The molecule has 4 aromatic carbocycles. The zero-order valence-electron chi connectivity index (χ0n) is 17.3. The van der Waals surface area contributed by atoms with E-state index in [-0.39, 0.29) is 0 Å². The maximum Gasteiger partial charge on any atom is 0.0178 e. The van der Waals surface area contributed by atoms with Crippen LogP contribution < -0.4 is 0 Å². The van der Waals surface area contributed by atoms with E-state index in [1.165, 1.54) is 44.5 Å². The van der Waals surface area contributed by atoms with Crippen molar-refractivity contribution in [2.24, 2.45) is 5.92 Å². The van der Waals surface area contributed by atoms with Crippen LogP contribution in [0.2, 0.25) is 0 Å². The Morgan fingerprint density at radius 3 is 1.58 bits per heavy atom. The van der Waals surface area contributed by atoms with Gasteiger partial charge in [0.15, 0.2) is 0 Å². The van der Waals surface area contributed by atoms with Gasteiger partial charge in [0.1, 0.15) is 0 Å². The summed E-state index contributed by atoms with van der Waals surface area (Å²) >= 11 is 7.44. The smallest absolute Gasteiger partial charge is 0.0178 e. The van der Waals surface area contributed by atoms with Gasteiger partial charge in [-0.15, -0.1) is 0 Å². The van der Waals surface area contributed by atoms with Gasteiger partial charge in [-0.2, -0.15) is 0 Å². The lowest BCUT2D eigenvalue weighted by atomic mass is 9.78. The van der Waals surface area contributed by atoms with Gasteiger partial charge < -0.3 is 0 Å². The van der Waals surface area contributed by atoms with Gasteiger partial charge in [-0.05, 0) is 81.1 Å². The van der Waals surface area contributed by atoms with Crippen LogP contribution >= 0.6 is 31.9 Å². The molecule has 0 bridgehead atoms. The minimum Gasteiger partial charge on any atom is -0.0619 e. The van der Waals surface area contributed by atoms with Crippen molar-refractivity contribution in [3.63, 3.8) is 0 Å². The third-order valence-electron chi connectivity index (χ3n) is 7.13. The summed E-state index contributed by atoms with van der Waals surface area (Å²) in [6.07, 6.45) is 1.14. The van der Waals surface area contributed by atoms with Crippen LogP contribution in [0, 0.1) is 5.92 Å². The van der Waals surface area contributed by atoms with E-state index in [0.717, 1.165) is 15.4 Å².